The highest BCUT2D eigenvalue weighted by Gasteiger charge is 2.21. The Labute approximate surface area is 321 Å². The molecule has 0 bridgehead atoms. The van der Waals surface area contributed by atoms with Crippen LogP contribution in [0.5, 0.6) is 0 Å². The number of aromatic nitrogens is 8. The lowest BCUT2D eigenvalue weighted by Crippen LogP contribution is -2.07. The summed E-state index contributed by atoms with van der Waals surface area (Å²) in [4.78, 5) is 30.6. The third-order valence-electron chi connectivity index (χ3n) is 10.3. The van der Waals surface area contributed by atoms with Gasteiger partial charge in [-0.1, -0.05) is 146 Å². The van der Waals surface area contributed by atoms with Crippen LogP contribution in [0, 0.1) is 0 Å². The molecule has 4 heterocycles. The van der Waals surface area contributed by atoms with Crippen LogP contribution >= 0.6 is 0 Å². The van der Waals surface area contributed by atoms with E-state index < -0.39 is 0 Å². The van der Waals surface area contributed by atoms with Crippen LogP contribution in [0.1, 0.15) is 0 Å². The Morgan fingerprint density at radius 3 is 0.982 bits per heavy atom. The third-order valence-corrected chi connectivity index (χ3v) is 10.3. The summed E-state index contributed by atoms with van der Waals surface area (Å²) >= 11 is 0. The Hall–Kier alpha value is -7.84. The normalized spacial score (nSPS) is 11.6. The minimum absolute atomic E-state index is 0.539. The summed E-state index contributed by atoms with van der Waals surface area (Å²) in [6.45, 7) is 0. The van der Waals surface area contributed by atoms with Gasteiger partial charge in [0.2, 0.25) is 11.9 Å². The maximum atomic E-state index is 5.22. The molecule has 0 aliphatic carbocycles. The summed E-state index contributed by atoms with van der Waals surface area (Å²) in [5.74, 6) is 3.48. The molecule has 4 aromatic heterocycles. The van der Waals surface area contributed by atoms with E-state index in [2.05, 4.69) is 94.1 Å². The molecule has 0 radical (unpaired) electrons. The minimum Gasteiger partial charge on any atom is -0.278 e. The number of rotatable bonds is 6. The number of fused-ring (bicyclic) bond motifs is 6. The molecular formula is C48H30N8. The van der Waals surface area contributed by atoms with Gasteiger partial charge in [0.1, 0.15) is 0 Å². The first-order valence-corrected chi connectivity index (χ1v) is 18.5. The molecule has 0 fully saturated rings. The first kappa shape index (κ1) is 31.7. The lowest BCUT2D eigenvalue weighted by Gasteiger charge is -2.12. The number of hydrogen-bond acceptors (Lipinski definition) is 6. The third kappa shape index (κ3) is 5.23. The summed E-state index contributed by atoms with van der Waals surface area (Å²) in [5, 5.41) is 4.38. The zero-order chi connectivity index (χ0) is 37.0. The number of nitrogens with zero attached hydrogens (tertiary/aromatic N) is 8. The summed E-state index contributed by atoms with van der Waals surface area (Å²) in [5.41, 5.74) is 7.62. The van der Waals surface area contributed by atoms with E-state index in [4.69, 9.17) is 29.9 Å². The fraction of sp³-hybridized carbons (Fsp3) is 0. The number of hydrogen-bond donors (Lipinski definition) is 0. The van der Waals surface area contributed by atoms with E-state index in [1.165, 1.54) is 0 Å². The van der Waals surface area contributed by atoms with Crippen LogP contribution in [0.15, 0.2) is 182 Å². The van der Waals surface area contributed by atoms with Crippen molar-refractivity contribution >= 4 is 43.6 Å². The van der Waals surface area contributed by atoms with E-state index in [1.54, 1.807) is 0 Å². The predicted molar refractivity (Wildman–Crippen MR) is 224 cm³/mol. The Bertz CT molecular complexity index is 3130. The van der Waals surface area contributed by atoms with Crippen molar-refractivity contribution in [2.75, 3.05) is 0 Å². The van der Waals surface area contributed by atoms with Gasteiger partial charge in [-0.25, -0.2) is 9.97 Å². The first-order chi connectivity index (χ1) is 27.8. The number of benzene rings is 7. The van der Waals surface area contributed by atoms with E-state index in [1.807, 2.05) is 97.1 Å². The van der Waals surface area contributed by atoms with Gasteiger partial charge in [0.05, 0.1) is 22.1 Å². The molecule has 7 aromatic carbocycles. The molecule has 56 heavy (non-hydrogen) atoms. The van der Waals surface area contributed by atoms with Crippen LogP contribution in [-0.2, 0) is 0 Å². The fourth-order valence-electron chi connectivity index (χ4n) is 7.67. The molecular weight excluding hydrogens is 689 g/mol. The quantitative estimate of drug-likeness (QED) is 0.170. The van der Waals surface area contributed by atoms with Crippen molar-refractivity contribution in [3.05, 3.63) is 182 Å². The Kier molecular flexibility index (Phi) is 7.31. The lowest BCUT2D eigenvalue weighted by molar-refractivity contribution is 0.952. The molecule has 0 saturated heterocycles. The Morgan fingerprint density at radius 2 is 0.571 bits per heavy atom. The smallest absolute Gasteiger partial charge is 0.238 e. The molecule has 0 N–H and O–H groups in total. The summed E-state index contributed by atoms with van der Waals surface area (Å²) in [6.07, 6.45) is 0. The van der Waals surface area contributed by atoms with Crippen molar-refractivity contribution in [3.8, 4) is 57.4 Å². The van der Waals surface area contributed by atoms with Gasteiger partial charge < -0.3 is 0 Å². The van der Waals surface area contributed by atoms with Crippen LogP contribution in [-0.4, -0.2) is 39.0 Å². The second-order valence-corrected chi connectivity index (χ2v) is 13.6. The Balaban J connectivity index is 1.14. The summed E-state index contributed by atoms with van der Waals surface area (Å²) in [6, 6.07) is 61.7. The van der Waals surface area contributed by atoms with Crippen molar-refractivity contribution < 1.29 is 0 Å². The van der Waals surface area contributed by atoms with Crippen molar-refractivity contribution in [1.82, 2.24) is 39.0 Å². The zero-order valence-electron chi connectivity index (χ0n) is 29.9. The fourth-order valence-corrected chi connectivity index (χ4v) is 7.67. The summed E-state index contributed by atoms with van der Waals surface area (Å²) < 4.78 is 4.27. The molecule has 8 heteroatoms. The van der Waals surface area contributed by atoms with Crippen LogP contribution in [0.25, 0.3) is 101 Å². The molecule has 11 aromatic rings. The van der Waals surface area contributed by atoms with Crippen LogP contribution in [0.3, 0.4) is 0 Å². The van der Waals surface area contributed by atoms with Gasteiger partial charge in [0, 0.05) is 43.8 Å². The highest BCUT2D eigenvalue weighted by Crippen LogP contribution is 2.36. The van der Waals surface area contributed by atoms with Gasteiger partial charge in [-0.15, -0.1) is 0 Å². The van der Waals surface area contributed by atoms with E-state index in [0.29, 0.717) is 35.2 Å². The van der Waals surface area contributed by atoms with Crippen molar-refractivity contribution in [3.63, 3.8) is 0 Å². The van der Waals surface area contributed by atoms with Crippen LogP contribution in [0.2, 0.25) is 0 Å². The van der Waals surface area contributed by atoms with Gasteiger partial charge in [-0.05, 0) is 36.4 Å². The molecule has 8 nitrogen and oxygen atoms in total. The van der Waals surface area contributed by atoms with E-state index in [0.717, 1.165) is 65.9 Å². The minimum atomic E-state index is 0.539. The topological polar surface area (TPSA) is 87.2 Å². The maximum Gasteiger partial charge on any atom is 0.238 e. The standard InChI is InChI=1S/C48H30N8/c1-4-16-31(17-5-1)43-49-44(32-18-6-2-7-19-32)52-47(51-43)56-41-27-15-12-24-37(41)38-30-34(28-29-42(38)56)46-50-45(33-20-8-3-9-21-33)53-48(54-46)55-39-25-13-10-22-35(39)36-23-11-14-26-40(36)55/h1-30H. The molecule has 0 unspecified atom stereocenters. The predicted octanol–water partition coefficient (Wildman–Crippen LogP) is 10.9. The molecule has 0 spiro atoms. The maximum absolute atomic E-state index is 5.22. The van der Waals surface area contributed by atoms with Gasteiger partial charge in [0.25, 0.3) is 0 Å². The van der Waals surface area contributed by atoms with Crippen LogP contribution in [0.4, 0.5) is 0 Å². The highest BCUT2D eigenvalue weighted by molar-refractivity contribution is 6.10. The van der Waals surface area contributed by atoms with E-state index in [-0.39, 0.29) is 0 Å². The van der Waals surface area contributed by atoms with Crippen LogP contribution < -0.4 is 0 Å². The molecule has 262 valence electrons. The second-order valence-electron chi connectivity index (χ2n) is 13.6. The van der Waals surface area contributed by atoms with Crippen molar-refractivity contribution in [2.45, 2.75) is 0 Å². The first-order valence-electron chi connectivity index (χ1n) is 18.5. The molecule has 0 aliphatic rings. The average Bonchev–Trinajstić information content (AvgIpc) is 3.80. The van der Waals surface area contributed by atoms with Crippen molar-refractivity contribution in [1.29, 1.82) is 0 Å². The Morgan fingerprint density at radius 1 is 0.250 bits per heavy atom. The lowest BCUT2D eigenvalue weighted by atomic mass is 10.1. The second kappa shape index (κ2) is 12.9. The largest absolute Gasteiger partial charge is 0.278 e. The SMILES string of the molecule is c1ccc(-c2nc(-c3ccc4c(c3)c3ccccc3n4-c3nc(-c4ccccc4)nc(-c4ccccc4)n3)nc(-n3c4ccccc4c4ccccc43)n2)cc1. The van der Waals surface area contributed by atoms with Gasteiger partial charge in [0.15, 0.2) is 23.3 Å². The van der Waals surface area contributed by atoms with Gasteiger partial charge in [-0.2, -0.15) is 19.9 Å². The van der Waals surface area contributed by atoms with Gasteiger partial charge >= 0.3 is 0 Å². The molecule has 0 atom stereocenters. The monoisotopic (exact) mass is 718 g/mol. The highest BCUT2D eigenvalue weighted by atomic mass is 15.2. The van der Waals surface area contributed by atoms with Crippen molar-refractivity contribution in [2.24, 2.45) is 0 Å². The van der Waals surface area contributed by atoms with Gasteiger partial charge in [-0.3, -0.25) is 9.13 Å². The van der Waals surface area contributed by atoms with E-state index >= 15 is 0 Å². The molecule has 0 aliphatic heterocycles. The molecule has 0 saturated carbocycles. The summed E-state index contributed by atoms with van der Waals surface area (Å²) in [7, 11) is 0. The zero-order valence-corrected chi connectivity index (χ0v) is 29.9. The average molecular weight is 719 g/mol. The molecule has 11 rings (SSSR count). The molecule has 0 amide bonds. The number of para-hydroxylation sites is 3. The van der Waals surface area contributed by atoms with E-state index in [9.17, 15) is 0 Å².